The molecule has 0 radical (unpaired) electrons. The number of carbonyl (C=O) groups is 2. The molecule has 0 spiro atoms. The molecule has 0 saturated heterocycles. The van der Waals surface area contributed by atoms with Gasteiger partial charge in [-0.25, -0.2) is 0 Å². The Bertz CT molecular complexity index is 680. The van der Waals surface area contributed by atoms with Crippen LogP contribution in [-0.4, -0.2) is 11.7 Å². The molecule has 4 heteroatoms. The van der Waals surface area contributed by atoms with Gasteiger partial charge in [0.05, 0.1) is 5.69 Å². The zero-order chi connectivity index (χ0) is 16.7. The van der Waals surface area contributed by atoms with E-state index in [1.165, 1.54) is 6.92 Å². The summed E-state index contributed by atoms with van der Waals surface area (Å²) in [6, 6.07) is 14.9. The summed E-state index contributed by atoms with van der Waals surface area (Å²) in [4.78, 5) is 23.5. The molecule has 0 aromatic heterocycles. The maximum atomic E-state index is 11.8. The lowest BCUT2D eigenvalue weighted by Gasteiger charge is -2.12. The van der Waals surface area contributed by atoms with Crippen LogP contribution in [0.4, 0.5) is 5.69 Å². The van der Waals surface area contributed by atoms with Gasteiger partial charge in [0.2, 0.25) is 5.91 Å². The van der Waals surface area contributed by atoms with Crippen molar-refractivity contribution >= 4 is 17.4 Å². The summed E-state index contributed by atoms with van der Waals surface area (Å²) >= 11 is 0. The number of carbonyl (C=O) groups excluding carboxylic acids is 2. The first-order valence-electron chi connectivity index (χ1n) is 7.71. The van der Waals surface area contributed by atoms with Crippen LogP contribution in [0.5, 0.6) is 5.75 Å². The molecular formula is C19H21NO3. The van der Waals surface area contributed by atoms with Gasteiger partial charge in [0.1, 0.15) is 12.4 Å². The van der Waals surface area contributed by atoms with Crippen LogP contribution in [0.15, 0.2) is 48.5 Å². The molecule has 120 valence electrons. The Balaban J connectivity index is 2.14. The smallest absolute Gasteiger partial charge is 0.224 e. The fourth-order valence-electron chi connectivity index (χ4n) is 2.20. The summed E-state index contributed by atoms with van der Waals surface area (Å²) in [6.45, 7) is 3.85. The van der Waals surface area contributed by atoms with Crippen molar-refractivity contribution in [3.8, 4) is 5.75 Å². The molecule has 0 saturated carbocycles. The molecule has 0 aliphatic rings. The third kappa shape index (κ3) is 4.95. The van der Waals surface area contributed by atoms with Crippen LogP contribution in [0.2, 0.25) is 0 Å². The molecule has 0 fully saturated rings. The summed E-state index contributed by atoms with van der Waals surface area (Å²) in [5, 5.41) is 2.79. The summed E-state index contributed by atoms with van der Waals surface area (Å²) < 4.78 is 5.75. The molecule has 2 rings (SSSR count). The number of benzene rings is 2. The Morgan fingerprint density at radius 1 is 1.09 bits per heavy atom. The lowest BCUT2D eigenvalue weighted by molar-refractivity contribution is -0.116. The molecule has 4 nitrogen and oxygen atoms in total. The number of hydrogen-bond donors (Lipinski definition) is 1. The quantitative estimate of drug-likeness (QED) is 0.779. The topological polar surface area (TPSA) is 55.4 Å². The standard InChI is InChI=1S/C19H21NO3/c1-3-7-19(22)20-18-12-16(10-11-17(18)14(2)21)23-13-15-8-5-4-6-9-15/h4-6,8-12H,3,7,13H2,1-2H3,(H,20,22). The number of amides is 1. The first kappa shape index (κ1) is 16.7. The number of hydrogen-bond acceptors (Lipinski definition) is 3. The maximum absolute atomic E-state index is 11.8. The number of anilines is 1. The molecule has 0 heterocycles. The molecule has 0 atom stereocenters. The first-order chi connectivity index (χ1) is 11.1. The van der Waals surface area contributed by atoms with E-state index >= 15 is 0 Å². The Morgan fingerprint density at radius 2 is 1.83 bits per heavy atom. The van der Waals surface area contributed by atoms with E-state index in [0.29, 0.717) is 30.0 Å². The highest BCUT2D eigenvalue weighted by Gasteiger charge is 2.11. The fraction of sp³-hybridized carbons (Fsp3) is 0.263. The summed E-state index contributed by atoms with van der Waals surface area (Å²) in [5.41, 5.74) is 2.04. The second kappa shape index (κ2) is 8.13. The molecule has 2 aromatic rings. The SMILES string of the molecule is CCCC(=O)Nc1cc(OCc2ccccc2)ccc1C(C)=O. The van der Waals surface area contributed by atoms with E-state index in [1.807, 2.05) is 37.3 Å². The Labute approximate surface area is 136 Å². The van der Waals surface area contributed by atoms with Crippen molar-refractivity contribution in [2.24, 2.45) is 0 Å². The van der Waals surface area contributed by atoms with Crippen LogP contribution in [0.25, 0.3) is 0 Å². The first-order valence-corrected chi connectivity index (χ1v) is 7.71. The number of ether oxygens (including phenoxy) is 1. The molecule has 0 unspecified atom stereocenters. The van der Waals surface area contributed by atoms with Crippen LogP contribution < -0.4 is 10.1 Å². The highest BCUT2D eigenvalue weighted by atomic mass is 16.5. The molecular weight excluding hydrogens is 290 g/mol. The highest BCUT2D eigenvalue weighted by molar-refractivity contribution is 6.04. The van der Waals surface area contributed by atoms with Gasteiger partial charge in [-0.15, -0.1) is 0 Å². The number of nitrogens with one attached hydrogen (secondary N) is 1. The minimum absolute atomic E-state index is 0.0913. The van der Waals surface area contributed by atoms with Crippen LogP contribution in [0, 0.1) is 0 Å². The normalized spacial score (nSPS) is 10.2. The van der Waals surface area contributed by atoms with Gasteiger partial charge in [-0.3, -0.25) is 9.59 Å². The monoisotopic (exact) mass is 311 g/mol. The molecule has 1 amide bonds. The van der Waals surface area contributed by atoms with Gasteiger partial charge in [0, 0.05) is 18.1 Å². The molecule has 2 aromatic carbocycles. The van der Waals surface area contributed by atoms with E-state index in [4.69, 9.17) is 4.74 Å². The second-order valence-electron chi connectivity index (χ2n) is 5.34. The van der Waals surface area contributed by atoms with Gasteiger partial charge in [0.15, 0.2) is 5.78 Å². The van der Waals surface area contributed by atoms with Gasteiger partial charge in [-0.2, -0.15) is 0 Å². The summed E-state index contributed by atoms with van der Waals surface area (Å²) in [6.07, 6.45) is 1.18. The zero-order valence-corrected chi connectivity index (χ0v) is 13.5. The predicted molar refractivity (Wildman–Crippen MR) is 90.8 cm³/mol. The molecule has 1 N–H and O–H groups in total. The van der Waals surface area contributed by atoms with Crippen molar-refractivity contribution in [2.45, 2.75) is 33.3 Å². The number of ketones is 1. The minimum Gasteiger partial charge on any atom is -0.489 e. The molecule has 0 aliphatic heterocycles. The van der Waals surface area contributed by atoms with Crippen LogP contribution >= 0.6 is 0 Å². The summed E-state index contributed by atoms with van der Waals surface area (Å²) in [5.74, 6) is 0.423. The van der Waals surface area contributed by atoms with Crippen molar-refractivity contribution in [1.82, 2.24) is 0 Å². The average molecular weight is 311 g/mol. The van der Waals surface area contributed by atoms with Gasteiger partial charge >= 0.3 is 0 Å². The fourth-order valence-corrected chi connectivity index (χ4v) is 2.20. The van der Waals surface area contributed by atoms with Crippen LogP contribution in [-0.2, 0) is 11.4 Å². The van der Waals surface area contributed by atoms with Crippen molar-refractivity contribution in [3.05, 3.63) is 59.7 Å². The lowest BCUT2D eigenvalue weighted by atomic mass is 10.1. The third-order valence-electron chi connectivity index (χ3n) is 3.37. The second-order valence-corrected chi connectivity index (χ2v) is 5.34. The predicted octanol–water partition coefficient (Wildman–Crippen LogP) is 4.21. The summed E-state index contributed by atoms with van der Waals surface area (Å²) in [7, 11) is 0. The van der Waals surface area contributed by atoms with Crippen LogP contribution in [0.1, 0.15) is 42.6 Å². The Kier molecular flexibility index (Phi) is 5.92. The van der Waals surface area contributed by atoms with Crippen molar-refractivity contribution in [2.75, 3.05) is 5.32 Å². The molecule has 0 aliphatic carbocycles. The van der Waals surface area contributed by atoms with Gasteiger partial charge in [-0.1, -0.05) is 37.3 Å². The third-order valence-corrected chi connectivity index (χ3v) is 3.37. The van der Waals surface area contributed by atoms with E-state index in [0.717, 1.165) is 12.0 Å². The van der Waals surface area contributed by atoms with E-state index in [-0.39, 0.29) is 11.7 Å². The van der Waals surface area contributed by atoms with E-state index < -0.39 is 0 Å². The highest BCUT2D eigenvalue weighted by Crippen LogP contribution is 2.24. The van der Waals surface area contributed by atoms with E-state index in [1.54, 1.807) is 18.2 Å². The Morgan fingerprint density at radius 3 is 2.48 bits per heavy atom. The minimum atomic E-state index is -0.102. The van der Waals surface area contributed by atoms with Crippen molar-refractivity contribution < 1.29 is 14.3 Å². The molecule has 0 bridgehead atoms. The van der Waals surface area contributed by atoms with Gasteiger partial charge in [0.25, 0.3) is 0 Å². The lowest BCUT2D eigenvalue weighted by Crippen LogP contribution is -2.13. The zero-order valence-electron chi connectivity index (χ0n) is 13.5. The maximum Gasteiger partial charge on any atom is 0.224 e. The van der Waals surface area contributed by atoms with Crippen molar-refractivity contribution in [3.63, 3.8) is 0 Å². The van der Waals surface area contributed by atoms with Crippen LogP contribution in [0.3, 0.4) is 0 Å². The van der Waals surface area contributed by atoms with E-state index in [2.05, 4.69) is 5.32 Å². The van der Waals surface area contributed by atoms with E-state index in [9.17, 15) is 9.59 Å². The Hall–Kier alpha value is -2.62. The average Bonchev–Trinajstić information content (AvgIpc) is 2.54. The van der Waals surface area contributed by atoms with Gasteiger partial charge < -0.3 is 10.1 Å². The number of rotatable bonds is 7. The molecule has 23 heavy (non-hydrogen) atoms. The number of Topliss-reactive ketones (excluding diaryl/α,β-unsaturated/α-hetero) is 1. The van der Waals surface area contributed by atoms with Crippen molar-refractivity contribution in [1.29, 1.82) is 0 Å². The largest absolute Gasteiger partial charge is 0.489 e. The van der Waals surface area contributed by atoms with Gasteiger partial charge in [-0.05, 0) is 31.0 Å².